The van der Waals surface area contributed by atoms with Gasteiger partial charge in [-0.25, -0.2) is 4.98 Å². The van der Waals surface area contributed by atoms with Crippen molar-refractivity contribution in [3.63, 3.8) is 0 Å². The van der Waals surface area contributed by atoms with E-state index in [1.807, 2.05) is 0 Å². The second-order valence-corrected chi connectivity index (χ2v) is 4.08. The molecule has 2 rings (SSSR count). The molecule has 0 saturated carbocycles. The lowest BCUT2D eigenvalue weighted by Crippen LogP contribution is -2.12. The number of benzene rings is 1. The van der Waals surface area contributed by atoms with E-state index in [4.69, 9.17) is 11.6 Å². The van der Waals surface area contributed by atoms with E-state index in [9.17, 15) is 4.79 Å². The van der Waals surface area contributed by atoms with Gasteiger partial charge in [-0.2, -0.15) is 0 Å². The van der Waals surface area contributed by atoms with Crippen molar-refractivity contribution in [2.75, 3.05) is 17.7 Å². The molecule has 2 aromatic rings. The van der Waals surface area contributed by atoms with Crippen molar-refractivity contribution in [2.45, 2.75) is 0 Å². The first kappa shape index (κ1) is 12.4. The summed E-state index contributed by atoms with van der Waals surface area (Å²) in [6.07, 6.45) is 1.58. The highest BCUT2D eigenvalue weighted by Crippen LogP contribution is 2.16. The van der Waals surface area contributed by atoms with Crippen molar-refractivity contribution < 1.29 is 4.79 Å². The number of nitrogens with zero attached hydrogens (tertiary/aromatic N) is 1. The molecule has 5 heteroatoms. The quantitative estimate of drug-likeness (QED) is 0.893. The van der Waals surface area contributed by atoms with Crippen LogP contribution >= 0.6 is 11.6 Å². The number of carbonyl (C=O) groups excluding carboxylic acids is 1. The Morgan fingerprint density at radius 1 is 1.28 bits per heavy atom. The van der Waals surface area contributed by atoms with Gasteiger partial charge in [0.25, 0.3) is 5.91 Å². The number of hydrogen-bond donors (Lipinski definition) is 2. The van der Waals surface area contributed by atoms with Crippen molar-refractivity contribution in [1.29, 1.82) is 0 Å². The molecule has 1 aromatic heterocycles. The minimum Gasteiger partial charge on any atom is -0.373 e. The maximum Gasteiger partial charge on any atom is 0.255 e. The molecule has 0 unspecified atom stereocenters. The summed E-state index contributed by atoms with van der Waals surface area (Å²) in [6.45, 7) is 0. The molecule has 0 fully saturated rings. The monoisotopic (exact) mass is 261 g/mol. The zero-order valence-corrected chi connectivity index (χ0v) is 10.5. The molecular formula is C13H12ClN3O. The first-order valence-corrected chi connectivity index (χ1v) is 5.77. The van der Waals surface area contributed by atoms with E-state index in [1.165, 1.54) is 0 Å². The number of halogens is 1. The molecule has 0 spiro atoms. The highest BCUT2D eigenvalue weighted by molar-refractivity contribution is 6.30. The van der Waals surface area contributed by atoms with E-state index < -0.39 is 0 Å². The van der Waals surface area contributed by atoms with Crippen LogP contribution in [0.2, 0.25) is 5.02 Å². The Labute approximate surface area is 110 Å². The van der Waals surface area contributed by atoms with E-state index in [1.54, 1.807) is 49.6 Å². The van der Waals surface area contributed by atoms with Crippen molar-refractivity contribution in [2.24, 2.45) is 0 Å². The van der Waals surface area contributed by atoms with Crippen LogP contribution in [0.25, 0.3) is 0 Å². The minimum absolute atomic E-state index is 0.198. The lowest BCUT2D eigenvalue weighted by atomic mass is 10.2. The maximum absolute atomic E-state index is 12.0. The summed E-state index contributed by atoms with van der Waals surface area (Å²) in [5.41, 5.74) is 1.20. The fraction of sp³-hybridized carbons (Fsp3) is 0.0769. The minimum atomic E-state index is -0.198. The van der Waals surface area contributed by atoms with Crippen LogP contribution in [0.15, 0.2) is 42.6 Å². The molecule has 18 heavy (non-hydrogen) atoms. The van der Waals surface area contributed by atoms with Crippen LogP contribution < -0.4 is 10.6 Å². The third kappa shape index (κ3) is 2.99. The molecule has 0 radical (unpaired) electrons. The average Bonchev–Trinajstić information content (AvgIpc) is 2.39. The summed E-state index contributed by atoms with van der Waals surface area (Å²) < 4.78 is 0. The number of carbonyl (C=O) groups is 1. The van der Waals surface area contributed by atoms with Gasteiger partial charge >= 0.3 is 0 Å². The summed E-state index contributed by atoms with van der Waals surface area (Å²) in [4.78, 5) is 16.0. The fourth-order valence-corrected chi connectivity index (χ4v) is 1.67. The average molecular weight is 262 g/mol. The molecule has 1 heterocycles. The van der Waals surface area contributed by atoms with Gasteiger partial charge in [-0.05, 0) is 30.3 Å². The molecular weight excluding hydrogens is 250 g/mol. The molecule has 2 N–H and O–H groups in total. The number of rotatable bonds is 3. The first-order chi connectivity index (χ1) is 8.69. The van der Waals surface area contributed by atoms with Crippen molar-refractivity contribution in [3.8, 4) is 0 Å². The number of aromatic nitrogens is 1. The Kier molecular flexibility index (Phi) is 3.79. The molecule has 0 bridgehead atoms. The number of anilines is 2. The van der Waals surface area contributed by atoms with Crippen LogP contribution in [-0.2, 0) is 0 Å². The van der Waals surface area contributed by atoms with Gasteiger partial charge in [-0.15, -0.1) is 0 Å². The smallest absolute Gasteiger partial charge is 0.255 e. The molecule has 0 atom stereocenters. The molecule has 0 aliphatic rings. The Hall–Kier alpha value is -2.07. The van der Waals surface area contributed by atoms with Crippen LogP contribution in [0.1, 0.15) is 10.4 Å². The second-order valence-electron chi connectivity index (χ2n) is 3.64. The summed E-state index contributed by atoms with van der Waals surface area (Å²) in [5, 5.41) is 6.24. The number of hydrogen-bond acceptors (Lipinski definition) is 3. The highest BCUT2D eigenvalue weighted by Gasteiger charge is 2.07. The van der Waals surface area contributed by atoms with E-state index in [2.05, 4.69) is 15.6 Å². The second kappa shape index (κ2) is 5.51. The van der Waals surface area contributed by atoms with Gasteiger partial charge in [0.05, 0.1) is 0 Å². The van der Waals surface area contributed by atoms with Crippen molar-refractivity contribution >= 4 is 29.0 Å². The molecule has 1 amide bonds. The fourth-order valence-electron chi connectivity index (χ4n) is 1.48. The van der Waals surface area contributed by atoms with Gasteiger partial charge in [-0.3, -0.25) is 4.79 Å². The number of pyridine rings is 1. The zero-order chi connectivity index (χ0) is 13.0. The van der Waals surface area contributed by atoms with E-state index in [-0.39, 0.29) is 5.91 Å². The zero-order valence-electron chi connectivity index (χ0n) is 9.77. The molecule has 0 aliphatic carbocycles. The van der Waals surface area contributed by atoms with Gasteiger partial charge in [0.2, 0.25) is 0 Å². The van der Waals surface area contributed by atoms with Gasteiger partial charge < -0.3 is 10.6 Å². The normalized spacial score (nSPS) is 9.89. The van der Waals surface area contributed by atoms with E-state index in [0.717, 1.165) is 0 Å². The molecule has 0 aliphatic heterocycles. The SMILES string of the molecule is CNc1cc(C(=O)Nc2cccc(Cl)c2)ccn1. The standard InChI is InChI=1S/C13H12ClN3O/c1-15-12-7-9(5-6-16-12)13(18)17-11-4-2-3-10(14)8-11/h2-8H,1H3,(H,15,16)(H,17,18). The van der Waals surface area contributed by atoms with Crippen molar-refractivity contribution in [3.05, 3.63) is 53.2 Å². The highest BCUT2D eigenvalue weighted by atomic mass is 35.5. The molecule has 92 valence electrons. The third-order valence-corrected chi connectivity index (χ3v) is 2.60. The first-order valence-electron chi connectivity index (χ1n) is 5.40. The predicted octanol–water partition coefficient (Wildman–Crippen LogP) is 3.03. The topological polar surface area (TPSA) is 54.0 Å². The van der Waals surface area contributed by atoms with E-state index >= 15 is 0 Å². The number of nitrogens with one attached hydrogen (secondary N) is 2. The van der Waals surface area contributed by atoms with E-state index in [0.29, 0.717) is 22.1 Å². The van der Waals surface area contributed by atoms with Gasteiger partial charge in [0.15, 0.2) is 0 Å². The molecule has 0 saturated heterocycles. The lowest BCUT2D eigenvalue weighted by molar-refractivity contribution is 0.102. The summed E-state index contributed by atoms with van der Waals surface area (Å²) >= 11 is 5.85. The largest absolute Gasteiger partial charge is 0.373 e. The molecule has 1 aromatic carbocycles. The Bertz CT molecular complexity index is 572. The summed E-state index contributed by atoms with van der Waals surface area (Å²) in [6, 6.07) is 10.3. The Morgan fingerprint density at radius 3 is 2.83 bits per heavy atom. The van der Waals surface area contributed by atoms with Crippen molar-refractivity contribution in [1.82, 2.24) is 4.98 Å². The van der Waals surface area contributed by atoms with Crippen LogP contribution in [0.3, 0.4) is 0 Å². The van der Waals surface area contributed by atoms with Gasteiger partial charge in [0.1, 0.15) is 5.82 Å². The van der Waals surface area contributed by atoms with Crippen LogP contribution in [0.5, 0.6) is 0 Å². The molecule has 4 nitrogen and oxygen atoms in total. The predicted molar refractivity (Wildman–Crippen MR) is 73.2 cm³/mol. The van der Waals surface area contributed by atoms with Gasteiger partial charge in [-0.1, -0.05) is 17.7 Å². The third-order valence-electron chi connectivity index (χ3n) is 2.36. The Balaban J connectivity index is 2.16. The summed E-state index contributed by atoms with van der Waals surface area (Å²) in [7, 11) is 1.75. The Morgan fingerprint density at radius 2 is 2.11 bits per heavy atom. The number of amides is 1. The van der Waals surface area contributed by atoms with Crippen LogP contribution in [-0.4, -0.2) is 17.9 Å². The maximum atomic E-state index is 12.0. The van der Waals surface area contributed by atoms with Gasteiger partial charge in [0, 0.05) is 29.5 Å². The van der Waals surface area contributed by atoms with Crippen LogP contribution in [0.4, 0.5) is 11.5 Å². The van der Waals surface area contributed by atoms with Crippen LogP contribution in [0, 0.1) is 0 Å². The summed E-state index contributed by atoms with van der Waals surface area (Å²) in [5.74, 6) is 0.449. The lowest BCUT2D eigenvalue weighted by Gasteiger charge is -2.06.